The Kier molecular flexibility index (Phi) is 12.5. The number of primary amides is 1. The van der Waals surface area contributed by atoms with Crippen LogP contribution in [0.15, 0.2) is 0 Å². The van der Waals surface area contributed by atoms with E-state index in [-0.39, 0.29) is 5.92 Å². The van der Waals surface area contributed by atoms with Gasteiger partial charge in [0.05, 0.1) is 12.5 Å². The SMILES string of the molecule is CCC(C)C(NC(=O)C(CC(N)=O)NC(=O)C(NC(=O)C(N)C(C)O)C(C)CC)C(=O)O. The third-order valence-electron chi connectivity index (χ3n) is 5.43. The van der Waals surface area contributed by atoms with Gasteiger partial charge in [0.1, 0.15) is 24.2 Å². The van der Waals surface area contributed by atoms with Crippen molar-refractivity contribution in [2.45, 2.75) is 84.2 Å². The molecule has 9 N–H and O–H groups in total. The van der Waals surface area contributed by atoms with Crippen LogP contribution in [-0.2, 0) is 24.0 Å². The van der Waals surface area contributed by atoms with E-state index >= 15 is 0 Å². The highest BCUT2D eigenvalue weighted by atomic mass is 16.4. The maximum absolute atomic E-state index is 12.9. The monoisotopic (exact) mass is 459 g/mol. The zero-order chi connectivity index (χ0) is 25.2. The fourth-order valence-electron chi connectivity index (χ4n) is 2.78. The summed E-state index contributed by atoms with van der Waals surface area (Å²) in [5.74, 6) is -5.37. The summed E-state index contributed by atoms with van der Waals surface area (Å²) >= 11 is 0. The first-order chi connectivity index (χ1) is 14.8. The van der Waals surface area contributed by atoms with Crippen molar-refractivity contribution >= 4 is 29.6 Å². The minimum Gasteiger partial charge on any atom is -0.480 e. The summed E-state index contributed by atoms with van der Waals surface area (Å²) < 4.78 is 0. The van der Waals surface area contributed by atoms with Gasteiger partial charge in [-0.2, -0.15) is 0 Å². The largest absolute Gasteiger partial charge is 0.480 e. The van der Waals surface area contributed by atoms with Crippen LogP contribution in [0.2, 0.25) is 0 Å². The highest BCUT2D eigenvalue weighted by Crippen LogP contribution is 2.11. The zero-order valence-corrected chi connectivity index (χ0v) is 19.3. The second-order valence-corrected chi connectivity index (χ2v) is 8.08. The van der Waals surface area contributed by atoms with Crippen LogP contribution in [0.3, 0.4) is 0 Å². The predicted molar refractivity (Wildman–Crippen MR) is 116 cm³/mol. The number of aliphatic hydroxyl groups excluding tert-OH is 1. The van der Waals surface area contributed by atoms with E-state index in [0.717, 1.165) is 0 Å². The minimum atomic E-state index is -1.44. The number of aliphatic hydroxyl groups is 1. The lowest BCUT2D eigenvalue weighted by Crippen LogP contribution is -2.60. The van der Waals surface area contributed by atoms with E-state index in [1.807, 2.05) is 0 Å². The van der Waals surface area contributed by atoms with E-state index in [1.165, 1.54) is 6.92 Å². The Labute approximate surface area is 187 Å². The number of nitrogens with one attached hydrogen (secondary N) is 3. The summed E-state index contributed by atoms with van der Waals surface area (Å²) in [6.45, 7) is 8.19. The summed E-state index contributed by atoms with van der Waals surface area (Å²) in [7, 11) is 0. The quantitative estimate of drug-likeness (QED) is 0.157. The molecule has 32 heavy (non-hydrogen) atoms. The highest BCUT2D eigenvalue weighted by molar-refractivity contribution is 5.96. The molecule has 0 aliphatic carbocycles. The fraction of sp³-hybridized carbons (Fsp3) is 0.750. The smallest absolute Gasteiger partial charge is 0.326 e. The van der Waals surface area contributed by atoms with E-state index in [1.54, 1.807) is 27.7 Å². The molecule has 0 saturated carbocycles. The number of carbonyl (C=O) groups is 5. The third-order valence-corrected chi connectivity index (χ3v) is 5.43. The van der Waals surface area contributed by atoms with Crippen LogP contribution in [0.1, 0.15) is 53.9 Å². The molecule has 0 aromatic rings. The second-order valence-electron chi connectivity index (χ2n) is 8.08. The molecule has 0 radical (unpaired) electrons. The van der Waals surface area contributed by atoms with E-state index < -0.39 is 72.2 Å². The van der Waals surface area contributed by atoms with Gasteiger partial charge < -0.3 is 37.6 Å². The van der Waals surface area contributed by atoms with Crippen molar-refractivity contribution < 1.29 is 34.2 Å². The first-order valence-electron chi connectivity index (χ1n) is 10.6. The lowest BCUT2D eigenvalue weighted by Gasteiger charge is -2.28. The number of hydrogen-bond donors (Lipinski definition) is 7. The number of carboxylic acid groups (broad SMARTS) is 1. The molecule has 0 aromatic heterocycles. The summed E-state index contributed by atoms with van der Waals surface area (Å²) in [5.41, 5.74) is 10.8. The standard InChI is InChI=1S/C20H37N5O7/c1-6-9(3)15(24-18(29)14(22)11(5)26)19(30)23-12(8-13(21)27)17(28)25-16(20(31)32)10(4)7-2/h9-12,14-16,26H,6-8,22H2,1-5H3,(H2,21,27)(H,23,30)(H,24,29)(H,25,28)(H,31,32). The fourth-order valence-corrected chi connectivity index (χ4v) is 2.78. The molecule has 0 saturated heterocycles. The van der Waals surface area contributed by atoms with Gasteiger partial charge in [0.25, 0.3) is 0 Å². The molecule has 7 atom stereocenters. The summed E-state index contributed by atoms with van der Waals surface area (Å²) in [4.78, 5) is 60.8. The van der Waals surface area contributed by atoms with E-state index in [0.29, 0.717) is 12.8 Å². The predicted octanol–water partition coefficient (Wildman–Crippen LogP) is -1.80. The van der Waals surface area contributed by atoms with Gasteiger partial charge in [0, 0.05) is 0 Å². The van der Waals surface area contributed by atoms with Crippen LogP contribution in [0.5, 0.6) is 0 Å². The Hall–Kier alpha value is -2.73. The summed E-state index contributed by atoms with van der Waals surface area (Å²) in [6, 6.07) is -5.06. The zero-order valence-electron chi connectivity index (χ0n) is 19.3. The van der Waals surface area contributed by atoms with E-state index in [4.69, 9.17) is 11.5 Å². The number of amides is 4. The number of hydrogen-bond acceptors (Lipinski definition) is 7. The van der Waals surface area contributed by atoms with Crippen molar-refractivity contribution in [2.24, 2.45) is 23.3 Å². The van der Waals surface area contributed by atoms with E-state index in [9.17, 15) is 34.2 Å². The van der Waals surface area contributed by atoms with Crippen LogP contribution >= 0.6 is 0 Å². The van der Waals surface area contributed by atoms with Gasteiger partial charge in [-0.15, -0.1) is 0 Å². The molecule has 12 nitrogen and oxygen atoms in total. The van der Waals surface area contributed by atoms with Gasteiger partial charge in [0.15, 0.2) is 0 Å². The highest BCUT2D eigenvalue weighted by Gasteiger charge is 2.34. The Bertz CT molecular complexity index is 685. The summed E-state index contributed by atoms with van der Waals surface area (Å²) in [5, 5.41) is 26.1. The van der Waals surface area contributed by atoms with Gasteiger partial charge in [-0.3, -0.25) is 19.2 Å². The van der Waals surface area contributed by atoms with Crippen molar-refractivity contribution in [1.82, 2.24) is 16.0 Å². The molecule has 0 rings (SSSR count). The molecule has 7 unspecified atom stereocenters. The maximum atomic E-state index is 12.9. The molecule has 0 fully saturated rings. The molecule has 0 aliphatic heterocycles. The molecule has 4 amide bonds. The minimum absolute atomic E-state index is 0.385. The van der Waals surface area contributed by atoms with Crippen LogP contribution in [-0.4, -0.2) is 70.1 Å². The van der Waals surface area contributed by atoms with Crippen LogP contribution < -0.4 is 27.4 Å². The average molecular weight is 460 g/mol. The molecule has 0 bridgehead atoms. The molecule has 0 aromatic carbocycles. The van der Waals surface area contributed by atoms with Crippen molar-refractivity contribution in [3.63, 3.8) is 0 Å². The summed E-state index contributed by atoms with van der Waals surface area (Å²) in [6.07, 6.45) is -0.781. The van der Waals surface area contributed by atoms with Gasteiger partial charge in [0.2, 0.25) is 23.6 Å². The first-order valence-corrected chi connectivity index (χ1v) is 10.6. The number of carbonyl (C=O) groups excluding carboxylic acids is 4. The molecule has 12 heteroatoms. The lowest BCUT2D eigenvalue weighted by atomic mass is 9.96. The average Bonchev–Trinajstić information content (AvgIpc) is 2.72. The van der Waals surface area contributed by atoms with Crippen molar-refractivity contribution in [3.8, 4) is 0 Å². The number of nitrogens with two attached hydrogens (primary N) is 2. The Morgan fingerprint density at radius 3 is 1.69 bits per heavy atom. The van der Waals surface area contributed by atoms with Crippen molar-refractivity contribution in [2.75, 3.05) is 0 Å². The number of rotatable bonds is 14. The molecule has 0 heterocycles. The number of aliphatic carboxylic acids is 1. The van der Waals surface area contributed by atoms with Crippen molar-refractivity contribution in [1.29, 1.82) is 0 Å². The first kappa shape index (κ1) is 29.3. The molecular weight excluding hydrogens is 422 g/mol. The molecule has 184 valence electrons. The van der Waals surface area contributed by atoms with Crippen LogP contribution in [0.4, 0.5) is 0 Å². The van der Waals surface area contributed by atoms with Gasteiger partial charge in [-0.1, -0.05) is 40.5 Å². The normalized spacial score (nSPS) is 17.6. The number of carboxylic acids is 1. The maximum Gasteiger partial charge on any atom is 0.326 e. The van der Waals surface area contributed by atoms with Gasteiger partial charge in [-0.05, 0) is 18.8 Å². The third kappa shape index (κ3) is 9.18. The molecule has 0 spiro atoms. The Morgan fingerprint density at radius 1 is 0.812 bits per heavy atom. The lowest BCUT2D eigenvalue weighted by molar-refractivity contribution is -0.144. The van der Waals surface area contributed by atoms with Crippen molar-refractivity contribution in [3.05, 3.63) is 0 Å². The Morgan fingerprint density at radius 2 is 1.28 bits per heavy atom. The second kappa shape index (κ2) is 13.6. The topological polar surface area (TPSA) is 214 Å². The van der Waals surface area contributed by atoms with Crippen LogP contribution in [0.25, 0.3) is 0 Å². The molecular formula is C20H37N5O7. The molecule has 0 aliphatic rings. The van der Waals surface area contributed by atoms with Gasteiger partial charge in [-0.25, -0.2) is 4.79 Å². The van der Waals surface area contributed by atoms with E-state index in [2.05, 4.69) is 16.0 Å². The Balaban J connectivity index is 5.64. The van der Waals surface area contributed by atoms with Crippen LogP contribution in [0, 0.1) is 11.8 Å². The van der Waals surface area contributed by atoms with Gasteiger partial charge >= 0.3 is 5.97 Å².